The van der Waals surface area contributed by atoms with E-state index in [1.807, 2.05) is 19.1 Å². The molecule has 5 heteroatoms. The van der Waals surface area contributed by atoms with Gasteiger partial charge in [0.05, 0.1) is 6.04 Å². The van der Waals surface area contributed by atoms with Gasteiger partial charge in [-0.15, -0.1) is 0 Å². The van der Waals surface area contributed by atoms with Crippen molar-refractivity contribution in [2.75, 3.05) is 0 Å². The summed E-state index contributed by atoms with van der Waals surface area (Å²) in [7, 11) is 0. The second-order valence-electron chi connectivity index (χ2n) is 8.94. The molecule has 3 aliphatic rings. The summed E-state index contributed by atoms with van der Waals surface area (Å²) in [4.78, 5) is 0. The number of hydrogen-bond donors (Lipinski definition) is 0. The Morgan fingerprint density at radius 1 is 1.03 bits per heavy atom. The molecule has 1 spiro atoms. The van der Waals surface area contributed by atoms with E-state index in [4.69, 9.17) is 14.3 Å². The van der Waals surface area contributed by atoms with E-state index in [0.717, 1.165) is 59.6 Å². The maximum atomic E-state index is 6.77. The SMILES string of the molecule is Cc1ccc(C2=NN3[C@H](C2)c2cc(Br)ccc2OC32CCC(c3ccccc3)CC2)o1. The van der Waals surface area contributed by atoms with Crippen molar-refractivity contribution in [2.24, 2.45) is 5.10 Å². The van der Waals surface area contributed by atoms with Gasteiger partial charge in [0.2, 0.25) is 0 Å². The summed E-state index contributed by atoms with van der Waals surface area (Å²) in [5.74, 6) is 3.37. The van der Waals surface area contributed by atoms with Crippen molar-refractivity contribution in [3.63, 3.8) is 0 Å². The van der Waals surface area contributed by atoms with Crippen LogP contribution in [0.15, 0.2) is 74.7 Å². The molecule has 2 aliphatic heterocycles. The molecule has 2 aromatic carbocycles. The molecular formula is C26H25BrN2O2. The number of fused-ring (bicyclic) bond motifs is 4. The maximum Gasteiger partial charge on any atom is 0.198 e. The summed E-state index contributed by atoms with van der Waals surface area (Å²) in [6, 6.07) is 21.5. The minimum absolute atomic E-state index is 0.176. The first-order valence-corrected chi connectivity index (χ1v) is 11.9. The minimum atomic E-state index is -0.389. The monoisotopic (exact) mass is 476 g/mol. The van der Waals surface area contributed by atoms with Crippen LogP contribution in [0.3, 0.4) is 0 Å². The van der Waals surface area contributed by atoms with E-state index >= 15 is 0 Å². The van der Waals surface area contributed by atoms with Crippen molar-refractivity contribution >= 4 is 21.6 Å². The Labute approximate surface area is 191 Å². The number of furan rings is 1. The molecule has 0 N–H and O–H groups in total. The fourth-order valence-corrected chi connectivity index (χ4v) is 5.83. The first-order valence-electron chi connectivity index (χ1n) is 11.1. The largest absolute Gasteiger partial charge is 0.466 e. The first kappa shape index (κ1) is 19.2. The van der Waals surface area contributed by atoms with E-state index in [0.29, 0.717) is 5.92 Å². The lowest BCUT2D eigenvalue weighted by Gasteiger charge is -2.50. The third-order valence-corrected chi connectivity index (χ3v) is 7.51. The molecule has 3 heterocycles. The van der Waals surface area contributed by atoms with Crippen molar-refractivity contribution in [2.45, 2.75) is 56.7 Å². The molecule has 0 bridgehead atoms. The molecule has 1 aromatic heterocycles. The number of rotatable bonds is 2. The molecule has 0 radical (unpaired) electrons. The van der Waals surface area contributed by atoms with Crippen molar-refractivity contribution in [1.82, 2.24) is 5.01 Å². The van der Waals surface area contributed by atoms with Crippen molar-refractivity contribution < 1.29 is 9.15 Å². The van der Waals surface area contributed by atoms with E-state index in [2.05, 4.69) is 69.5 Å². The van der Waals surface area contributed by atoms with Crippen LogP contribution in [0.1, 0.15) is 66.7 Å². The molecule has 0 amide bonds. The molecule has 3 aromatic rings. The van der Waals surface area contributed by atoms with Gasteiger partial charge in [-0.05, 0) is 61.6 Å². The van der Waals surface area contributed by atoms with Gasteiger partial charge in [-0.1, -0.05) is 46.3 Å². The maximum absolute atomic E-state index is 6.77. The summed E-state index contributed by atoms with van der Waals surface area (Å²) < 4.78 is 13.8. The van der Waals surface area contributed by atoms with Crippen LogP contribution in [0, 0.1) is 6.92 Å². The number of nitrogens with zero attached hydrogens (tertiary/aromatic N) is 2. The van der Waals surface area contributed by atoms with Crippen LogP contribution >= 0.6 is 15.9 Å². The number of hydrazone groups is 1. The Hall–Kier alpha value is -2.53. The lowest BCUT2D eigenvalue weighted by Crippen LogP contribution is -2.55. The van der Waals surface area contributed by atoms with Gasteiger partial charge in [-0.2, -0.15) is 5.10 Å². The molecule has 158 valence electrons. The highest BCUT2D eigenvalue weighted by Crippen LogP contribution is 2.53. The Balaban J connectivity index is 1.36. The third-order valence-electron chi connectivity index (χ3n) is 7.02. The van der Waals surface area contributed by atoms with Gasteiger partial charge < -0.3 is 9.15 Å². The zero-order chi connectivity index (χ0) is 21.0. The molecule has 0 unspecified atom stereocenters. The molecule has 1 saturated carbocycles. The Kier molecular flexibility index (Phi) is 4.49. The lowest BCUT2D eigenvalue weighted by molar-refractivity contribution is -0.142. The van der Waals surface area contributed by atoms with E-state index in [9.17, 15) is 0 Å². The van der Waals surface area contributed by atoms with Crippen molar-refractivity contribution in [3.8, 4) is 5.75 Å². The topological polar surface area (TPSA) is 38.0 Å². The molecule has 1 atom stereocenters. The number of halogens is 1. The number of aryl methyl sites for hydroxylation is 1. The number of hydrogen-bond acceptors (Lipinski definition) is 4. The number of ether oxygens (including phenoxy) is 1. The molecule has 1 fully saturated rings. The molecular weight excluding hydrogens is 452 g/mol. The normalized spacial score (nSPS) is 26.9. The average Bonchev–Trinajstić information content (AvgIpc) is 3.43. The number of benzene rings is 2. The van der Waals surface area contributed by atoms with E-state index in [-0.39, 0.29) is 11.8 Å². The molecule has 6 rings (SSSR count). The summed E-state index contributed by atoms with van der Waals surface area (Å²) in [6.07, 6.45) is 4.97. The molecule has 0 saturated heterocycles. The van der Waals surface area contributed by atoms with Gasteiger partial charge in [0.1, 0.15) is 23.0 Å². The van der Waals surface area contributed by atoms with Gasteiger partial charge in [0, 0.05) is 29.3 Å². The quantitative estimate of drug-likeness (QED) is 0.401. The van der Waals surface area contributed by atoms with E-state index in [1.165, 1.54) is 11.1 Å². The Morgan fingerprint density at radius 2 is 1.84 bits per heavy atom. The second kappa shape index (κ2) is 7.27. The first-order chi connectivity index (χ1) is 15.1. The van der Waals surface area contributed by atoms with Crippen LogP contribution in [-0.2, 0) is 0 Å². The summed E-state index contributed by atoms with van der Waals surface area (Å²) >= 11 is 3.64. The van der Waals surface area contributed by atoms with Crippen LogP contribution in [0.4, 0.5) is 0 Å². The fourth-order valence-electron chi connectivity index (χ4n) is 5.45. The van der Waals surface area contributed by atoms with Crippen LogP contribution in [0.25, 0.3) is 0 Å². The minimum Gasteiger partial charge on any atom is -0.466 e. The predicted molar refractivity (Wildman–Crippen MR) is 124 cm³/mol. The van der Waals surface area contributed by atoms with Crippen molar-refractivity contribution in [3.05, 3.63) is 87.8 Å². The molecule has 31 heavy (non-hydrogen) atoms. The van der Waals surface area contributed by atoms with Crippen LogP contribution in [0.5, 0.6) is 5.75 Å². The molecule has 1 aliphatic carbocycles. The van der Waals surface area contributed by atoms with Gasteiger partial charge in [0.25, 0.3) is 0 Å². The predicted octanol–water partition coefficient (Wildman–Crippen LogP) is 6.95. The highest BCUT2D eigenvalue weighted by atomic mass is 79.9. The van der Waals surface area contributed by atoms with Gasteiger partial charge in [-0.25, -0.2) is 5.01 Å². The Morgan fingerprint density at radius 3 is 2.58 bits per heavy atom. The van der Waals surface area contributed by atoms with E-state index in [1.54, 1.807) is 0 Å². The third kappa shape index (κ3) is 3.21. The van der Waals surface area contributed by atoms with Crippen LogP contribution in [-0.4, -0.2) is 16.4 Å². The molecule has 4 nitrogen and oxygen atoms in total. The van der Waals surface area contributed by atoms with Gasteiger partial charge in [0.15, 0.2) is 5.72 Å². The standard InChI is InChI=1S/C26H25BrN2O2/c1-17-7-9-25(30-17)22-16-23-21-15-20(27)8-10-24(21)31-26(29(23)28-22)13-11-19(12-14-26)18-5-3-2-4-6-18/h2-10,15,19,23H,11-14,16H2,1H3/t19?,23-,26?/m1/s1. The summed E-state index contributed by atoms with van der Waals surface area (Å²) in [6.45, 7) is 1.98. The Bertz CT molecular complexity index is 1150. The van der Waals surface area contributed by atoms with E-state index < -0.39 is 0 Å². The highest BCUT2D eigenvalue weighted by molar-refractivity contribution is 9.10. The smallest absolute Gasteiger partial charge is 0.198 e. The fraction of sp³-hybridized carbons (Fsp3) is 0.346. The summed E-state index contributed by atoms with van der Waals surface area (Å²) in [5.41, 5.74) is 3.26. The summed E-state index contributed by atoms with van der Waals surface area (Å²) in [5, 5.41) is 7.37. The van der Waals surface area contributed by atoms with Gasteiger partial charge >= 0.3 is 0 Å². The van der Waals surface area contributed by atoms with Crippen LogP contribution in [0.2, 0.25) is 0 Å². The lowest BCUT2D eigenvalue weighted by atomic mass is 9.78. The average molecular weight is 477 g/mol. The zero-order valence-corrected chi connectivity index (χ0v) is 19.1. The second-order valence-corrected chi connectivity index (χ2v) is 9.85. The van der Waals surface area contributed by atoms with Crippen LogP contribution < -0.4 is 4.74 Å². The zero-order valence-electron chi connectivity index (χ0n) is 17.6. The van der Waals surface area contributed by atoms with Gasteiger partial charge in [-0.3, -0.25) is 0 Å². The highest BCUT2D eigenvalue weighted by Gasteiger charge is 2.52. The van der Waals surface area contributed by atoms with Crippen molar-refractivity contribution in [1.29, 1.82) is 0 Å².